The summed E-state index contributed by atoms with van der Waals surface area (Å²) >= 11 is 5.76. The SMILES string of the molecule is Cc1c(NC(=O)Nc2ccc(Cl)cc2)cnn1C. The molecule has 5 nitrogen and oxygen atoms in total. The maximum atomic E-state index is 11.7. The number of anilines is 2. The van der Waals surface area contributed by atoms with Crippen LogP contribution in [0.25, 0.3) is 0 Å². The summed E-state index contributed by atoms with van der Waals surface area (Å²) in [7, 11) is 1.82. The number of carbonyl (C=O) groups is 1. The molecule has 0 atom stereocenters. The highest BCUT2D eigenvalue weighted by Crippen LogP contribution is 2.15. The maximum absolute atomic E-state index is 11.7. The quantitative estimate of drug-likeness (QED) is 0.876. The third-order valence-electron chi connectivity index (χ3n) is 2.59. The van der Waals surface area contributed by atoms with E-state index in [1.54, 1.807) is 35.1 Å². The zero-order valence-corrected chi connectivity index (χ0v) is 10.8. The molecule has 0 saturated heterocycles. The molecule has 6 heteroatoms. The number of aryl methyl sites for hydroxylation is 1. The minimum Gasteiger partial charge on any atom is -0.308 e. The van der Waals surface area contributed by atoms with Crippen molar-refractivity contribution < 1.29 is 4.79 Å². The number of hydrogen-bond acceptors (Lipinski definition) is 2. The van der Waals surface area contributed by atoms with Gasteiger partial charge in [-0.05, 0) is 31.2 Å². The lowest BCUT2D eigenvalue weighted by Crippen LogP contribution is -2.19. The first-order valence-corrected chi connectivity index (χ1v) is 5.76. The second kappa shape index (κ2) is 5.10. The lowest BCUT2D eigenvalue weighted by molar-refractivity contribution is 0.262. The zero-order chi connectivity index (χ0) is 13.1. The average molecular weight is 265 g/mol. The van der Waals surface area contributed by atoms with E-state index in [-0.39, 0.29) is 6.03 Å². The molecule has 0 saturated carbocycles. The van der Waals surface area contributed by atoms with E-state index in [0.29, 0.717) is 16.4 Å². The average Bonchev–Trinajstić information content (AvgIpc) is 2.64. The largest absolute Gasteiger partial charge is 0.323 e. The lowest BCUT2D eigenvalue weighted by atomic mass is 10.3. The molecule has 1 aromatic carbocycles. The van der Waals surface area contributed by atoms with Crippen LogP contribution in [0.1, 0.15) is 5.69 Å². The minimum absolute atomic E-state index is 0.312. The highest BCUT2D eigenvalue weighted by Gasteiger charge is 2.07. The van der Waals surface area contributed by atoms with Gasteiger partial charge in [0.25, 0.3) is 0 Å². The fourth-order valence-electron chi connectivity index (χ4n) is 1.44. The molecule has 0 spiro atoms. The van der Waals surface area contributed by atoms with Gasteiger partial charge in [0, 0.05) is 17.8 Å². The molecule has 0 radical (unpaired) electrons. The van der Waals surface area contributed by atoms with Gasteiger partial charge in [-0.25, -0.2) is 4.79 Å². The molecule has 0 aliphatic rings. The smallest absolute Gasteiger partial charge is 0.308 e. The summed E-state index contributed by atoms with van der Waals surface area (Å²) in [5.74, 6) is 0. The molecule has 0 fully saturated rings. The van der Waals surface area contributed by atoms with E-state index in [1.165, 1.54) is 0 Å². The predicted octanol–water partition coefficient (Wildman–Crippen LogP) is 3.03. The number of urea groups is 1. The third-order valence-corrected chi connectivity index (χ3v) is 2.84. The van der Waals surface area contributed by atoms with Crippen LogP contribution in [0.15, 0.2) is 30.5 Å². The number of halogens is 1. The van der Waals surface area contributed by atoms with E-state index >= 15 is 0 Å². The van der Waals surface area contributed by atoms with Gasteiger partial charge in [-0.3, -0.25) is 4.68 Å². The summed E-state index contributed by atoms with van der Waals surface area (Å²) in [5.41, 5.74) is 2.25. The van der Waals surface area contributed by atoms with Gasteiger partial charge in [-0.15, -0.1) is 0 Å². The molecule has 0 aliphatic heterocycles. The Labute approximate surface area is 110 Å². The van der Waals surface area contributed by atoms with Gasteiger partial charge in [-0.1, -0.05) is 11.6 Å². The molecular weight excluding hydrogens is 252 g/mol. The van der Waals surface area contributed by atoms with Crippen molar-refractivity contribution in [3.8, 4) is 0 Å². The number of carbonyl (C=O) groups excluding carboxylic acids is 1. The second-order valence-electron chi connectivity index (χ2n) is 3.85. The van der Waals surface area contributed by atoms with Gasteiger partial charge in [-0.2, -0.15) is 5.10 Å². The topological polar surface area (TPSA) is 59.0 Å². The molecule has 2 rings (SSSR count). The fraction of sp³-hybridized carbons (Fsp3) is 0.167. The highest BCUT2D eigenvalue weighted by atomic mass is 35.5. The Hall–Kier alpha value is -2.01. The van der Waals surface area contributed by atoms with Crippen molar-refractivity contribution in [2.24, 2.45) is 7.05 Å². The van der Waals surface area contributed by atoms with Crippen LogP contribution in [0.2, 0.25) is 5.02 Å². The summed E-state index contributed by atoms with van der Waals surface area (Å²) in [6, 6.07) is 6.59. The summed E-state index contributed by atoms with van der Waals surface area (Å²) in [5, 5.41) is 10.1. The molecule has 94 valence electrons. The summed E-state index contributed by atoms with van der Waals surface area (Å²) in [6.07, 6.45) is 1.61. The summed E-state index contributed by atoms with van der Waals surface area (Å²) < 4.78 is 1.69. The Kier molecular flexibility index (Phi) is 3.53. The first-order chi connectivity index (χ1) is 8.56. The molecule has 2 N–H and O–H groups in total. The highest BCUT2D eigenvalue weighted by molar-refractivity contribution is 6.30. The number of aromatic nitrogens is 2. The van der Waals surface area contributed by atoms with Gasteiger partial charge in [0.1, 0.15) is 0 Å². The molecule has 1 heterocycles. The van der Waals surface area contributed by atoms with Crippen LogP contribution in [0.4, 0.5) is 16.2 Å². The van der Waals surface area contributed by atoms with Crippen molar-refractivity contribution in [3.05, 3.63) is 41.2 Å². The first kappa shape index (κ1) is 12.4. The third kappa shape index (κ3) is 2.81. The Balaban J connectivity index is 2.01. The molecule has 1 aromatic heterocycles. The normalized spacial score (nSPS) is 10.2. The van der Waals surface area contributed by atoms with Crippen molar-refractivity contribution in [1.82, 2.24) is 9.78 Å². The van der Waals surface area contributed by atoms with E-state index in [2.05, 4.69) is 15.7 Å². The number of nitrogens with zero attached hydrogens (tertiary/aromatic N) is 2. The molecule has 0 bridgehead atoms. The van der Waals surface area contributed by atoms with Crippen molar-refractivity contribution in [3.63, 3.8) is 0 Å². The van der Waals surface area contributed by atoms with E-state index in [0.717, 1.165) is 5.69 Å². The Morgan fingerprint density at radius 1 is 1.28 bits per heavy atom. The minimum atomic E-state index is -0.312. The van der Waals surface area contributed by atoms with Crippen LogP contribution in [-0.4, -0.2) is 15.8 Å². The number of amides is 2. The van der Waals surface area contributed by atoms with Gasteiger partial charge in [0.05, 0.1) is 17.6 Å². The van der Waals surface area contributed by atoms with E-state index in [1.807, 2.05) is 14.0 Å². The summed E-state index contributed by atoms with van der Waals surface area (Å²) in [4.78, 5) is 11.7. The van der Waals surface area contributed by atoms with Crippen LogP contribution in [0, 0.1) is 6.92 Å². The Morgan fingerprint density at radius 3 is 2.50 bits per heavy atom. The van der Waals surface area contributed by atoms with Crippen molar-refractivity contribution >= 4 is 29.0 Å². The number of hydrogen-bond donors (Lipinski definition) is 2. The number of rotatable bonds is 2. The summed E-state index contributed by atoms with van der Waals surface area (Å²) in [6.45, 7) is 1.88. The van der Waals surface area contributed by atoms with E-state index < -0.39 is 0 Å². The van der Waals surface area contributed by atoms with Gasteiger partial charge < -0.3 is 10.6 Å². The van der Waals surface area contributed by atoms with Gasteiger partial charge >= 0.3 is 6.03 Å². The Bertz CT molecular complexity index is 562. The van der Waals surface area contributed by atoms with Crippen LogP contribution in [0.3, 0.4) is 0 Å². The molecule has 18 heavy (non-hydrogen) atoms. The molecule has 0 unspecified atom stereocenters. The number of nitrogens with one attached hydrogen (secondary N) is 2. The van der Waals surface area contributed by atoms with Crippen molar-refractivity contribution in [1.29, 1.82) is 0 Å². The van der Waals surface area contributed by atoms with Crippen LogP contribution < -0.4 is 10.6 Å². The van der Waals surface area contributed by atoms with Gasteiger partial charge in [0.15, 0.2) is 0 Å². The lowest BCUT2D eigenvalue weighted by Gasteiger charge is -2.07. The molecule has 2 amide bonds. The fourth-order valence-corrected chi connectivity index (χ4v) is 1.57. The van der Waals surface area contributed by atoms with E-state index in [4.69, 9.17) is 11.6 Å². The standard InChI is InChI=1S/C12H13ClN4O/c1-8-11(7-14-17(8)2)16-12(18)15-10-5-3-9(13)4-6-10/h3-7H,1-2H3,(H2,15,16,18). The molecular formula is C12H13ClN4O. The second-order valence-corrected chi connectivity index (χ2v) is 4.29. The monoisotopic (exact) mass is 264 g/mol. The molecule has 2 aromatic rings. The van der Waals surface area contributed by atoms with Crippen LogP contribution in [0.5, 0.6) is 0 Å². The maximum Gasteiger partial charge on any atom is 0.323 e. The van der Waals surface area contributed by atoms with E-state index in [9.17, 15) is 4.79 Å². The predicted molar refractivity (Wildman–Crippen MR) is 72.0 cm³/mol. The zero-order valence-electron chi connectivity index (χ0n) is 10.1. The van der Waals surface area contributed by atoms with Crippen molar-refractivity contribution in [2.75, 3.05) is 10.6 Å². The molecule has 0 aliphatic carbocycles. The number of benzene rings is 1. The van der Waals surface area contributed by atoms with Crippen LogP contribution in [-0.2, 0) is 7.05 Å². The van der Waals surface area contributed by atoms with Gasteiger partial charge in [0.2, 0.25) is 0 Å². The first-order valence-electron chi connectivity index (χ1n) is 5.38. The Morgan fingerprint density at radius 2 is 1.94 bits per heavy atom. The van der Waals surface area contributed by atoms with Crippen LogP contribution >= 0.6 is 11.6 Å². The van der Waals surface area contributed by atoms with Crippen molar-refractivity contribution in [2.45, 2.75) is 6.92 Å².